The van der Waals surface area contributed by atoms with Crippen molar-refractivity contribution in [1.29, 1.82) is 0 Å². The predicted octanol–water partition coefficient (Wildman–Crippen LogP) is 2.13. The molecule has 0 radical (unpaired) electrons. The number of primary amides is 1. The Hall–Kier alpha value is -0.770. The van der Waals surface area contributed by atoms with Crippen LogP contribution in [0.2, 0.25) is 10.0 Å². The fraction of sp³-hybridized carbons (Fsp3) is 0.300. The van der Waals surface area contributed by atoms with E-state index >= 15 is 0 Å². The van der Waals surface area contributed by atoms with E-state index in [1.165, 1.54) is 0 Å². The van der Waals surface area contributed by atoms with Gasteiger partial charge in [0.1, 0.15) is 6.04 Å². The molecule has 3 nitrogen and oxygen atoms in total. The largest absolute Gasteiger partial charge is 0.368 e. The lowest BCUT2D eigenvalue weighted by molar-refractivity contribution is -0.120. The molecule has 1 unspecified atom stereocenters. The summed E-state index contributed by atoms with van der Waals surface area (Å²) in [7, 11) is 0. The van der Waals surface area contributed by atoms with Crippen molar-refractivity contribution >= 4 is 29.1 Å². The molecule has 3 N–H and O–H groups in total. The molecule has 1 aromatic rings. The fourth-order valence-corrected chi connectivity index (χ4v) is 1.73. The van der Waals surface area contributed by atoms with Gasteiger partial charge in [-0.1, -0.05) is 42.3 Å². The second kappa shape index (κ2) is 5.35. The van der Waals surface area contributed by atoms with Crippen molar-refractivity contribution in [3.05, 3.63) is 33.8 Å². The van der Waals surface area contributed by atoms with Gasteiger partial charge in [0, 0.05) is 0 Å². The summed E-state index contributed by atoms with van der Waals surface area (Å²) >= 11 is 11.8. The minimum atomic E-state index is -0.596. The smallest absolute Gasteiger partial charge is 0.239 e. The van der Waals surface area contributed by atoms with Crippen LogP contribution in [-0.2, 0) is 4.79 Å². The first kappa shape index (κ1) is 12.3. The van der Waals surface area contributed by atoms with Gasteiger partial charge in [-0.2, -0.15) is 0 Å². The molecule has 1 atom stereocenters. The minimum Gasteiger partial charge on any atom is -0.368 e. The maximum absolute atomic E-state index is 11.2. The minimum absolute atomic E-state index is 0.365. The van der Waals surface area contributed by atoms with Crippen LogP contribution in [0.1, 0.15) is 18.5 Å². The number of likely N-dealkylation sites (N-methyl/N-ethyl adjacent to an activating group) is 1. The fourth-order valence-electron chi connectivity index (χ4n) is 1.31. The van der Waals surface area contributed by atoms with Crippen molar-refractivity contribution < 1.29 is 4.79 Å². The topological polar surface area (TPSA) is 55.1 Å². The number of carbonyl (C=O) groups is 1. The van der Waals surface area contributed by atoms with Crippen LogP contribution in [0.5, 0.6) is 0 Å². The second-order valence-electron chi connectivity index (χ2n) is 3.04. The van der Waals surface area contributed by atoms with E-state index in [1.807, 2.05) is 6.92 Å². The number of amides is 1. The van der Waals surface area contributed by atoms with Gasteiger partial charge >= 0.3 is 0 Å². The highest BCUT2D eigenvalue weighted by Crippen LogP contribution is 2.29. The summed E-state index contributed by atoms with van der Waals surface area (Å²) in [6.07, 6.45) is 0. The zero-order valence-corrected chi connectivity index (χ0v) is 9.77. The summed E-state index contributed by atoms with van der Waals surface area (Å²) in [5.41, 5.74) is 5.88. The van der Waals surface area contributed by atoms with Crippen LogP contribution >= 0.6 is 23.2 Å². The van der Waals surface area contributed by atoms with Crippen LogP contribution in [0, 0.1) is 0 Å². The molecule has 0 saturated heterocycles. The molecule has 0 heterocycles. The van der Waals surface area contributed by atoms with Crippen LogP contribution in [0.4, 0.5) is 0 Å². The SMILES string of the molecule is CCNC(C(N)=O)c1cccc(Cl)c1Cl. The standard InChI is InChI=1S/C10H12Cl2N2O/c1-2-14-9(10(13)15)6-4-3-5-7(11)8(6)12/h3-5,9,14H,2H2,1H3,(H2,13,15). The zero-order chi connectivity index (χ0) is 11.4. The van der Waals surface area contributed by atoms with Crippen molar-refractivity contribution in [1.82, 2.24) is 5.32 Å². The predicted molar refractivity (Wildman–Crippen MR) is 62.1 cm³/mol. The lowest BCUT2D eigenvalue weighted by Gasteiger charge is -2.16. The van der Waals surface area contributed by atoms with Gasteiger partial charge in [-0.3, -0.25) is 4.79 Å². The van der Waals surface area contributed by atoms with Gasteiger partial charge in [-0.05, 0) is 18.2 Å². The van der Waals surface area contributed by atoms with Crippen LogP contribution < -0.4 is 11.1 Å². The summed E-state index contributed by atoms with van der Waals surface area (Å²) in [5, 5.41) is 3.73. The highest BCUT2D eigenvalue weighted by molar-refractivity contribution is 6.42. The molecule has 0 bridgehead atoms. The summed E-state index contributed by atoms with van der Waals surface area (Å²) in [4.78, 5) is 11.2. The molecule has 1 rings (SSSR count). The van der Waals surface area contributed by atoms with Gasteiger partial charge in [-0.15, -0.1) is 0 Å². The van der Waals surface area contributed by atoms with Gasteiger partial charge in [0.2, 0.25) is 5.91 Å². The number of carbonyl (C=O) groups excluding carboxylic acids is 1. The van der Waals surface area contributed by atoms with Crippen molar-refractivity contribution in [2.75, 3.05) is 6.54 Å². The molecular formula is C10H12Cl2N2O. The summed E-state index contributed by atoms with van der Waals surface area (Å²) in [5.74, 6) is -0.471. The summed E-state index contributed by atoms with van der Waals surface area (Å²) in [6, 6.07) is 4.53. The van der Waals surface area contributed by atoms with E-state index in [1.54, 1.807) is 18.2 Å². The van der Waals surface area contributed by atoms with E-state index < -0.39 is 11.9 Å². The Morgan fingerprint density at radius 1 is 1.53 bits per heavy atom. The van der Waals surface area contributed by atoms with Crippen LogP contribution in [-0.4, -0.2) is 12.5 Å². The molecule has 15 heavy (non-hydrogen) atoms. The third-order valence-corrected chi connectivity index (χ3v) is 2.82. The van der Waals surface area contributed by atoms with Gasteiger partial charge in [0.25, 0.3) is 0 Å². The molecule has 0 aliphatic carbocycles. The first-order chi connectivity index (χ1) is 7.07. The maximum atomic E-state index is 11.2. The van der Waals surface area contributed by atoms with Crippen LogP contribution in [0.15, 0.2) is 18.2 Å². The number of rotatable bonds is 4. The number of nitrogens with one attached hydrogen (secondary N) is 1. The first-order valence-corrected chi connectivity index (χ1v) is 5.30. The molecular weight excluding hydrogens is 235 g/mol. The Balaban J connectivity index is 3.11. The highest BCUT2D eigenvalue weighted by Gasteiger charge is 2.20. The second-order valence-corrected chi connectivity index (χ2v) is 3.82. The molecule has 0 aliphatic heterocycles. The molecule has 0 aliphatic rings. The molecule has 0 aromatic heterocycles. The van der Waals surface area contributed by atoms with E-state index in [0.717, 1.165) is 0 Å². The van der Waals surface area contributed by atoms with Gasteiger partial charge in [0.15, 0.2) is 0 Å². The Kier molecular flexibility index (Phi) is 4.39. The van der Waals surface area contributed by atoms with Crippen LogP contribution in [0.3, 0.4) is 0 Å². The van der Waals surface area contributed by atoms with Crippen LogP contribution in [0.25, 0.3) is 0 Å². The molecule has 5 heteroatoms. The van der Waals surface area contributed by atoms with E-state index in [9.17, 15) is 4.79 Å². The van der Waals surface area contributed by atoms with Crippen molar-refractivity contribution in [2.45, 2.75) is 13.0 Å². The lowest BCUT2D eigenvalue weighted by atomic mass is 10.1. The van der Waals surface area contributed by atoms with Crippen molar-refractivity contribution in [2.24, 2.45) is 5.73 Å². The maximum Gasteiger partial charge on any atom is 0.239 e. The summed E-state index contributed by atoms with van der Waals surface area (Å²) in [6.45, 7) is 2.50. The third kappa shape index (κ3) is 2.84. The Bertz CT molecular complexity index is 368. The van der Waals surface area contributed by atoms with E-state index in [4.69, 9.17) is 28.9 Å². The Morgan fingerprint density at radius 3 is 2.73 bits per heavy atom. The average molecular weight is 247 g/mol. The zero-order valence-electron chi connectivity index (χ0n) is 8.26. The van der Waals surface area contributed by atoms with Gasteiger partial charge in [0.05, 0.1) is 10.0 Å². The van der Waals surface area contributed by atoms with E-state index in [0.29, 0.717) is 22.2 Å². The molecule has 0 fully saturated rings. The average Bonchev–Trinajstić information content (AvgIpc) is 2.19. The normalized spacial score (nSPS) is 12.5. The van der Waals surface area contributed by atoms with Crippen molar-refractivity contribution in [3.63, 3.8) is 0 Å². The number of halogens is 2. The lowest BCUT2D eigenvalue weighted by Crippen LogP contribution is -2.33. The van der Waals surface area contributed by atoms with Gasteiger partial charge in [-0.25, -0.2) is 0 Å². The van der Waals surface area contributed by atoms with Crippen molar-refractivity contribution in [3.8, 4) is 0 Å². The molecule has 82 valence electrons. The van der Waals surface area contributed by atoms with Gasteiger partial charge < -0.3 is 11.1 Å². The molecule has 0 spiro atoms. The summed E-state index contributed by atoms with van der Waals surface area (Å²) < 4.78 is 0. The number of hydrogen-bond donors (Lipinski definition) is 2. The third-order valence-electron chi connectivity index (χ3n) is 1.99. The monoisotopic (exact) mass is 246 g/mol. The first-order valence-electron chi connectivity index (χ1n) is 4.54. The Labute approximate surface area is 98.5 Å². The number of nitrogens with two attached hydrogens (primary N) is 1. The number of benzene rings is 1. The highest BCUT2D eigenvalue weighted by atomic mass is 35.5. The Morgan fingerprint density at radius 2 is 2.20 bits per heavy atom. The molecule has 0 saturated carbocycles. The quantitative estimate of drug-likeness (QED) is 0.856. The molecule has 1 aromatic carbocycles. The number of hydrogen-bond acceptors (Lipinski definition) is 2. The van der Waals surface area contributed by atoms with E-state index in [2.05, 4.69) is 5.32 Å². The van der Waals surface area contributed by atoms with E-state index in [-0.39, 0.29) is 0 Å². The molecule has 1 amide bonds.